The van der Waals surface area contributed by atoms with Crippen LogP contribution in [0.2, 0.25) is 0 Å². The summed E-state index contributed by atoms with van der Waals surface area (Å²) in [4.78, 5) is 32.6. The first-order valence-corrected chi connectivity index (χ1v) is 7.24. The van der Waals surface area contributed by atoms with E-state index in [1.165, 1.54) is 6.20 Å². The summed E-state index contributed by atoms with van der Waals surface area (Å²) in [6.45, 7) is 0. The molecular weight excluding hydrogens is 288 g/mol. The minimum Gasteiger partial charge on any atom is -0.360 e. The van der Waals surface area contributed by atoms with Gasteiger partial charge in [-0.3, -0.25) is 14.6 Å². The summed E-state index contributed by atoms with van der Waals surface area (Å²) < 4.78 is 0. The van der Waals surface area contributed by atoms with E-state index in [1.807, 2.05) is 24.3 Å². The molecule has 0 atom stereocenters. The van der Waals surface area contributed by atoms with Crippen LogP contribution in [0.3, 0.4) is 0 Å². The van der Waals surface area contributed by atoms with E-state index < -0.39 is 0 Å². The van der Waals surface area contributed by atoms with Crippen molar-refractivity contribution in [3.63, 3.8) is 0 Å². The van der Waals surface area contributed by atoms with E-state index in [1.54, 1.807) is 36.5 Å². The molecule has 23 heavy (non-hydrogen) atoms. The van der Waals surface area contributed by atoms with Gasteiger partial charge in [0.1, 0.15) is 0 Å². The Kier molecular flexibility index (Phi) is 3.01. The Morgan fingerprint density at radius 2 is 1.83 bits per heavy atom. The van der Waals surface area contributed by atoms with E-state index in [0.717, 1.165) is 10.9 Å². The van der Waals surface area contributed by atoms with Gasteiger partial charge in [0.05, 0.1) is 16.6 Å². The van der Waals surface area contributed by atoms with E-state index in [4.69, 9.17) is 0 Å². The Labute approximate surface area is 131 Å². The minimum absolute atomic E-state index is 0.138. The van der Waals surface area contributed by atoms with Crippen LogP contribution in [0, 0.1) is 0 Å². The summed E-state index contributed by atoms with van der Waals surface area (Å²) in [5.41, 5.74) is 1.78. The molecule has 0 fully saturated rings. The topological polar surface area (TPSA) is 62.8 Å². The number of ketones is 1. The van der Waals surface area contributed by atoms with Crippen LogP contribution in [0.5, 0.6) is 0 Å². The predicted molar refractivity (Wildman–Crippen MR) is 89.7 cm³/mol. The number of benzene rings is 2. The summed E-state index contributed by atoms with van der Waals surface area (Å²) in [6.07, 6.45) is 3.17. The van der Waals surface area contributed by atoms with Crippen LogP contribution in [0.1, 0.15) is 15.9 Å². The molecule has 2 heterocycles. The molecule has 4 nitrogen and oxygen atoms in total. The summed E-state index contributed by atoms with van der Waals surface area (Å²) >= 11 is 0. The zero-order valence-electron chi connectivity index (χ0n) is 12.1. The van der Waals surface area contributed by atoms with Crippen molar-refractivity contribution in [3.8, 4) is 0 Å². The van der Waals surface area contributed by atoms with E-state index in [-0.39, 0.29) is 16.8 Å². The van der Waals surface area contributed by atoms with Gasteiger partial charge >= 0.3 is 0 Å². The second kappa shape index (κ2) is 5.18. The minimum atomic E-state index is -0.283. The maximum Gasteiger partial charge on any atom is 0.200 e. The van der Waals surface area contributed by atoms with Gasteiger partial charge in [0.15, 0.2) is 5.78 Å². The first-order valence-electron chi connectivity index (χ1n) is 7.24. The van der Waals surface area contributed by atoms with Gasteiger partial charge in [-0.15, -0.1) is 0 Å². The molecule has 0 spiro atoms. The molecule has 0 saturated heterocycles. The number of carbonyl (C=O) groups excluding carboxylic acids is 1. The summed E-state index contributed by atoms with van der Waals surface area (Å²) in [5, 5.41) is 1.41. The molecule has 4 aromatic rings. The van der Waals surface area contributed by atoms with Gasteiger partial charge in [-0.05, 0) is 18.2 Å². The number of hydrogen-bond acceptors (Lipinski definition) is 3. The zero-order chi connectivity index (χ0) is 15.8. The van der Waals surface area contributed by atoms with E-state index >= 15 is 0 Å². The molecule has 110 valence electrons. The van der Waals surface area contributed by atoms with Gasteiger partial charge in [-0.1, -0.05) is 36.4 Å². The molecule has 0 unspecified atom stereocenters. The van der Waals surface area contributed by atoms with Crippen molar-refractivity contribution in [2.24, 2.45) is 0 Å². The van der Waals surface area contributed by atoms with Gasteiger partial charge in [0, 0.05) is 28.7 Å². The lowest BCUT2D eigenvalue weighted by molar-refractivity contribution is 0.103. The average molecular weight is 300 g/mol. The summed E-state index contributed by atoms with van der Waals surface area (Å²) in [6, 6.07) is 16.2. The molecular formula is C19H12N2O2. The fourth-order valence-electron chi connectivity index (χ4n) is 2.70. The number of H-pyrrole nitrogens is 1. The van der Waals surface area contributed by atoms with Crippen LogP contribution < -0.4 is 5.43 Å². The van der Waals surface area contributed by atoms with Crippen molar-refractivity contribution in [1.82, 2.24) is 9.97 Å². The monoisotopic (exact) mass is 300 g/mol. The molecule has 2 aromatic heterocycles. The molecule has 0 aliphatic carbocycles. The number of hydrogen-bond donors (Lipinski definition) is 1. The third-order valence-electron chi connectivity index (χ3n) is 3.88. The average Bonchev–Trinajstić information content (AvgIpc) is 2.61. The SMILES string of the molecule is O=C(c1ccccc1)c1c[nH]c2cc3cccnc3cc2c1=O. The van der Waals surface area contributed by atoms with E-state index in [2.05, 4.69) is 9.97 Å². The van der Waals surface area contributed by atoms with Gasteiger partial charge in [0.25, 0.3) is 0 Å². The molecule has 0 radical (unpaired) electrons. The Morgan fingerprint density at radius 1 is 1.00 bits per heavy atom. The lowest BCUT2D eigenvalue weighted by Crippen LogP contribution is -2.16. The lowest BCUT2D eigenvalue weighted by Gasteiger charge is -2.05. The van der Waals surface area contributed by atoms with Crippen LogP contribution in [0.25, 0.3) is 21.8 Å². The van der Waals surface area contributed by atoms with Crippen LogP contribution in [0.4, 0.5) is 0 Å². The van der Waals surface area contributed by atoms with Gasteiger partial charge in [-0.25, -0.2) is 0 Å². The van der Waals surface area contributed by atoms with Gasteiger partial charge in [-0.2, -0.15) is 0 Å². The van der Waals surface area contributed by atoms with Crippen LogP contribution in [-0.4, -0.2) is 15.8 Å². The van der Waals surface area contributed by atoms with Crippen LogP contribution in [-0.2, 0) is 0 Å². The first-order chi connectivity index (χ1) is 11.2. The number of aromatic nitrogens is 2. The molecule has 0 saturated carbocycles. The van der Waals surface area contributed by atoms with Crippen molar-refractivity contribution in [2.75, 3.05) is 0 Å². The second-order valence-corrected chi connectivity index (χ2v) is 5.32. The highest BCUT2D eigenvalue weighted by molar-refractivity contribution is 6.10. The number of nitrogens with zero attached hydrogens (tertiary/aromatic N) is 1. The Bertz CT molecular complexity index is 1100. The number of rotatable bonds is 2. The highest BCUT2D eigenvalue weighted by atomic mass is 16.1. The number of pyridine rings is 2. The van der Waals surface area contributed by atoms with Crippen molar-refractivity contribution in [2.45, 2.75) is 0 Å². The third kappa shape index (κ3) is 2.21. The number of aromatic amines is 1. The Hall–Kier alpha value is -3.27. The summed E-state index contributed by atoms with van der Waals surface area (Å²) in [5.74, 6) is -0.283. The quantitative estimate of drug-likeness (QED) is 0.456. The number of carbonyl (C=O) groups is 1. The fraction of sp³-hybridized carbons (Fsp3) is 0. The second-order valence-electron chi connectivity index (χ2n) is 5.32. The summed E-state index contributed by atoms with van der Waals surface area (Å²) in [7, 11) is 0. The van der Waals surface area contributed by atoms with Crippen molar-refractivity contribution in [1.29, 1.82) is 0 Å². The van der Waals surface area contributed by atoms with Crippen LogP contribution >= 0.6 is 0 Å². The maximum atomic E-state index is 12.7. The molecule has 4 rings (SSSR count). The first kappa shape index (κ1) is 13.4. The molecule has 4 heteroatoms. The van der Waals surface area contributed by atoms with Crippen molar-refractivity contribution >= 4 is 27.6 Å². The third-order valence-corrected chi connectivity index (χ3v) is 3.88. The predicted octanol–water partition coefficient (Wildman–Crippen LogP) is 3.31. The van der Waals surface area contributed by atoms with Crippen LogP contribution in [0.15, 0.2) is 71.8 Å². The standard InChI is InChI=1S/C19H12N2O2/c22-18(12-5-2-1-3-6-12)15-11-21-17-9-13-7-4-8-20-16(13)10-14(17)19(15)23/h1-11H,(H,21,23). The Morgan fingerprint density at radius 3 is 2.65 bits per heavy atom. The van der Waals surface area contributed by atoms with Crippen molar-refractivity contribution in [3.05, 3.63) is 88.3 Å². The van der Waals surface area contributed by atoms with E-state index in [9.17, 15) is 9.59 Å². The normalized spacial score (nSPS) is 11.0. The van der Waals surface area contributed by atoms with Crippen molar-refractivity contribution < 1.29 is 4.79 Å². The maximum absolute atomic E-state index is 12.7. The molecule has 0 amide bonds. The molecule has 0 aliphatic heterocycles. The number of fused-ring (bicyclic) bond motifs is 2. The number of nitrogens with one attached hydrogen (secondary N) is 1. The van der Waals surface area contributed by atoms with Gasteiger partial charge < -0.3 is 4.98 Å². The van der Waals surface area contributed by atoms with E-state index in [0.29, 0.717) is 16.5 Å². The molecule has 0 bridgehead atoms. The lowest BCUT2D eigenvalue weighted by atomic mass is 10.0. The van der Waals surface area contributed by atoms with Gasteiger partial charge in [0.2, 0.25) is 5.43 Å². The molecule has 2 aromatic carbocycles. The highest BCUT2D eigenvalue weighted by Crippen LogP contribution is 2.18. The Balaban J connectivity index is 1.96. The largest absolute Gasteiger partial charge is 0.360 e. The zero-order valence-corrected chi connectivity index (χ0v) is 12.1. The fourth-order valence-corrected chi connectivity index (χ4v) is 2.70. The smallest absolute Gasteiger partial charge is 0.200 e. The molecule has 1 N–H and O–H groups in total. The molecule has 0 aliphatic rings. The highest BCUT2D eigenvalue weighted by Gasteiger charge is 2.15.